The Labute approximate surface area is 114 Å². The number of aliphatic hydroxyl groups is 2. The smallest absolute Gasteiger partial charge is 0.122 e. The highest BCUT2D eigenvalue weighted by Gasteiger charge is 2.33. The van der Waals surface area contributed by atoms with Gasteiger partial charge in [-0.05, 0) is 37.3 Å². The highest BCUT2D eigenvalue weighted by Crippen LogP contribution is 2.40. The second-order valence-electron chi connectivity index (χ2n) is 5.64. The fourth-order valence-corrected chi connectivity index (χ4v) is 2.46. The summed E-state index contributed by atoms with van der Waals surface area (Å²) in [6.07, 6.45) is 2.09. The summed E-state index contributed by atoms with van der Waals surface area (Å²) in [5.74, 6) is 1.47. The quantitative estimate of drug-likeness (QED) is 0.725. The third kappa shape index (κ3) is 3.47. The van der Waals surface area contributed by atoms with Gasteiger partial charge in [0.15, 0.2) is 0 Å². The summed E-state index contributed by atoms with van der Waals surface area (Å²) in [5, 5.41) is 22.0. The largest absolute Gasteiger partial charge is 0.496 e. The lowest BCUT2D eigenvalue weighted by molar-refractivity contribution is -0.00188. The molecule has 4 nitrogen and oxygen atoms in total. The zero-order valence-corrected chi connectivity index (χ0v) is 11.6. The van der Waals surface area contributed by atoms with E-state index in [0.29, 0.717) is 18.5 Å². The van der Waals surface area contributed by atoms with E-state index in [1.165, 1.54) is 5.56 Å². The van der Waals surface area contributed by atoms with Crippen molar-refractivity contribution in [1.29, 1.82) is 0 Å². The molecular formula is C15H23NO3. The van der Waals surface area contributed by atoms with Gasteiger partial charge in [0.1, 0.15) is 5.75 Å². The van der Waals surface area contributed by atoms with Gasteiger partial charge in [-0.25, -0.2) is 0 Å². The number of rotatable bonds is 6. The van der Waals surface area contributed by atoms with Crippen molar-refractivity contribution in [3.63, 3.8) is 0 Å². The second-order valence-corrected chi connectivity index (χ2v) is 5.64. The van der Waals surface area contributed by atoms with Crippen LogP contribution in [0.4, 0.5) is 0 Å². The highest BCUT2D eigenvalue weighted by atomic mass is 16.5. The number of hydrogen-bond acceptors (Lipinski definition) is 4. The molecule has 1 aliphatic carbocycles. The fourth-order valence-electron chi connectivity index (χ4n) is 2.46. The molecule has 1 unspecified atom stereocenters. The Hall–Kier alpha value is -1.10. The van der Waals surface area contributed by atoms with Gasteiger partial charge in [0, 0.05) is 12.6 Å². The molecule has 0 radical (unpaired) electrons. The van der Waals surface area contributed by atoms with E-state index in [9.17, 15) is 5.11 Å². The molecule has 3 N–H and O–H groups in total. The summed E-state index contributed by atoms with van der Waals surface area (Å²) in [5.41, 5.74) is 0.229. The number of nitrogens with one attached hydrogen (secondary N) is 1. The molecule has 0 amide bonds. The minimum Gasteiger partial charge on any atom is -0.496 e. The minimum atomic E-state index is -1.03. The van der Waals surface area contributed by atoms with Gasteiger partial charge in [0.2, 0.25) is 0 Å². The van der Waals surface area contributed by atoms with Crippen LogP contribution in [0.15, 0.2) is 24.3 Å². The third-order valence-electron chi connectivity index (χ3n) is 3.83. The number of ether oxygens (including phenoxy) is 1. The van der Waals surface area contributed by atoms with Crippen molar-refractivity contribution in [3.05, 3.63) is 29.8 Å². The Morgan fingerprint density at radius 3 is 2.68 bits per heavy atom. The zero-order chi connectivity index (χ0) is 13.9. The predicted octanol–water partition coefficient (Wildman–Crippen LogP) is 1.27. The van der Waals surface area contributed by atoms with Crippen LogP contribution >= 0.6 is 0 Å². The first-order valence-corrected chi connectivity index (χ1v) is 6.75. The van der Waals surface area contributed by atoms with Crippen molar-refractivity contribution in [3.8, 4) is 5.75 Å². The molecular weight excluding hydrogens is 242 g/mol. The van der Waals surface area contributed by atoms with Crippen molar-refractivity contribution in [1.82, 2.24) is 5.32 Å². The van der Waals surface area contributed by atoms with Crippen LogP contribution in [0, 0.1) is 0 Å². The van der Waals surface area contributed by atoms with Crippen molar-refractivity contribution >= 4 is 0 Å². The molecule has 19 heavy (non-hydrogen) atoms. The van der Waals surface area contributed by atoms with Crippen LogP contribution in [0.5, 0.6) is 5.75 Å². The Morgan fingerprint density at radius 2 is 2.05 bits per heavy atom. The topological polar surface area (TPSA) is 61.7 Å². The number of methoxy groups -OCH3 is 1. The van der Waals surface area contributed by atoms with Crippen LogP contribution < -0.4 is 10.1 Å². The van der Waals surface area contributed by atoms with Crippen molar-refractivity contribution < 1.29 is 14.9 Å². The lowest BCUT2D eigenvalue weighted by Crippen LogP contribution is -2.48. The molecule has 0 aliphatic heterocycles. The molecule has 1 aliphatic rings. The van der Waals surface area contributed by atoms with Crippen LogP contribution in [0.1, 0.15) is 31.2 Å². The Kier molecular flexibility index (Phi) is 4.45. The maximum atomic E-state index is 9.72. The van der Waals surface area contributed by atoms with E-state index in [1.54, 1.807) is 14.0 Å². The van der Waals surface area contributed by atoms with E-state index in [-0.39, 0.29) is 6.61 Å². The Bertz CT molecular complexity index is 414. The average molecular weight is 265 g/mol. The molecule has 0 saturated heterocycles. The summed E-state index contributed by atoms with van der Waals surface area (Å²) in [4.78, 5) is 0. The van der Waals surface area contributed by atoms with Gasteiger partial charge in [-0.2, -0.15) is 0 Å². The van der Waals surface area contributed by atoms with Crippen molar-refractivity contribution in [2.75, 3.05) is 20.3 Å². The Morgan fingerprint density at radius 1 is 1.37 bits per heavy atom. The van der Waals surface area contributed by atoms with Gasteiger partial charge in [0.05, 0.1) is 19.3 Å². The molecule has 0 heterocycles. The SMILES string of the molecule is COc1ccccc1C1CC(NCC(C)(O)CO)C1. The number of para-hydroxylation sites is 1. The molecule has 106 valence electrons. The molecule has 1 atom stereocenters. The van der Waals surface area contributed by atoms with Gasteiger partial charge in [-0.15, -0.1) is 0 Å². The molecule has 0 aromatic heterocycles. The van der Waals surface area contributed by atoms with Crippen LogP contribution in [-0.4, -0.2) is 42.1 Å². The summed E-state index contributed by atoms with van der Waals surface area (Å²) < 4.78 is 5.38. The minimum absolute atomic E-state index is 0.220. The normalized spacial score (nSPS) is 25.5. The van der Waals surface area contributed by atoms with Gasteiger partial charge in [-0.3, -0.25) is 0 Å². The van der Waals surface area contributed by atoms with E-state index in [2.05, 4.69) is 11.4 Å². The molecule has 1 aromatic rings. The lowest BCUT2D eigenvalue weighted by Gasteiger charge is -2.38. The zero-order valence-electron chi connectivity index (χ0n) is 11.6. The summed E-state index contributed by atoms with van der Waals surface area (Å²) in [7, 11) is 1.70. The number of benzene rings is 1. The molecule has 2 rings (SSSR count). The molecule has 0 spiro atoms. The first kappa shape index (κ1) is 14.3. The molecule has 1 fully saturated rings. The molecule has 4 heteroatoms. The van der Waals surface area contributed by atoms with Crippen LogP contribution in [-0.2, 0) is 0 Å². The van der Waals surface area contributed by atoms with Crippen molar-refractivity contribution in [2.24, 2.45) is 0 Å². The maximum Gasteiger partial charge on any atom is 0.122 e. The Balaban J connectivity index is 1.83. The number of hydrogen-bond donors (Lipinski definition) is 3. The fraction of sp³-hybridized carbons (Fsp3) is 0.600. The molecule has 1 saturated carbocycles. The number of aliphatic hydroxyl groups excluding tert-OH is 1. The van der Waals surface area contributed by atoms with Crippen LogP contribution in [0.2, 0.25) is 0 Å². The monoisotopic (exact) mass is 265 g/mol. The van der Waals surface area contributed by atoms with E-state index in [1.807, 2.05) is 18.2 Å². The summed E-state index contributed by atoms with van der Waals surface area (Å²) in [6.45, 7) is 1.84. The average Bonchev–Trinajstić information content (AvgIpc) is 2.37. The first-order chi connectivity index (χ1) is 9.05. The standard InChI is InChI=1S/C15H23NO3/c1-15(18,10-17)9-16-12-7-11(8-12)13-5-3-4-6-14(13)19-2/h3-6,11-12,16-18H,7-10H2,1-2H3. The van der Waals surface area contributed by atoms with E-state index >= 15 is 0 Å². The van der Waals surface area contributed by atoms with E-state index in [4.69, 9.17) is 9.84 Å². The van der Waals surface area contributed by atoms with E-state index in [0.717, 1.165) is 18.6 Å². The maximum absolute atomic E-state index is 9.72. The van der Waals surface area contributed by atoms with Crippen molar-refractivity contribution in [2.45, 2.75) is 37.3 Å². The van der Waals surface area contributed by atoms with E-state index < -0.39 is 5.60 Å². The summed E-state index contributed by atoms with van der Waals surface area (Å²) >= 11 is 0. The second kappa shape index (κ2) is 5.90. The molecule has 1 aromatic carbocycles. The van der Waals surface area contributed by atoms with Crippen LogP contribution in [0.25, 0.3) is 0 Å². The summed E-state index contributed by atoms with van der Waals surface area (Å²) in [6, 6.07) is 8.54. The van der Waals surface area contributed by atoms with Gasteiger partial charge in [0.25, 0.3) is 0 Å². The highest BCUT2D eigenvalue weighted by molar-refractivity contribution is 5.37. The van der Waals surface area contributed by atoms with Gasteiger partial charge >= 0.3 is 0 Å². The lowest BCUT2D eigenvalue weighted by atomic mass is 9.75. The van der Waals surface area contributed by atoms with Gasteiger partial charge < -0.3 is 20.3 Å². The van der Waals surface area contributed by atoms with Gasteiger partial charge in [-0.1, -0.05) is 18.2 Å². The molecule has 0 bridgehead atoms. The first-order valence-electron chi connectivity index (χ1n) is 6.75. The predicted molar refractivity (Wildman–Crippen MR) is 74.5 cm³/mol. The van der Waals surface area contributed by atoms with Crippen LogP contribution in [0.3, 0.4) is 0 Å². The third-order valence-corrected chi connectivity index (χ3v) is 3.83.